The predicted octanol–water partition coefficient (Wildman–Crippen LogP) is 4.64. The fourth-order valence-electron chi connectivity index (χ4n) is 2.61. The maximum absolute atomic E-state index is 12.2. The Hall–Kier alpha value is -3.20. The van der Waals surface area contributed by atoms with Crippen LogP contribution in [0.1, 0.15) is 67.2 Å². The fraction of sp³-hybridized carbons (Fsp3) is 0.364. The minimum absolute atomic E-state index is 0.0621. The van der Waals surface area contributed by atoms with Gasteiger partial charge in [0.15, 0.2) is 0 Å². The second kappa shape index (κ2) is 10.2. The Morgan fingerprint density at radius 3 is 2.52 bits per heavy atom. The number of benzene rings is 1. The van der Waals surface area contributed by atoms with Gasteiger partial charge in [-0.1, -0.05) is 43.4 Å². The van der Waals surface area contributed by atoms with Crippen molar-refractivity contribution in [2.24, 2.45) is 0 Å². The number of carbonyl (C=O) groups is 3. The molecule has 2 aromatic rings. The summed E-state index contributed by atoms with van der Waals surface area (Å²) in [5, 5.41) is 15.7. The number of thiazole rings is 1. The molecule has 1 aromatic carbocycles. The number of carboxylic acid groups (broad SMARTS) is 1. The average Bonchev–Trinajstić information content (AvgIpc) is 3.03. The Labute approximate surface area is 185 Å². The standard InChI is InChI=1S/C22H27N3O5S/c1-13(2)18-19(25-21(29)30-22(3,4)5)31-17(24-18)10-11-23-16(26)12-14-8-6-7-9-15(14)20(27)28/h6-11,13H,12H2,1-5H3,(H,23,26)(H,25,29)(H,27,28). The van der Waals surface area contributed by atoms with Crippen molar-refractivity contribution in [2.75, 3.05) is 5.32 Å². The van der Waals surface area contributed by atoms with E-state index in [9.17, 15) is 19.5 Å². The maximum Gasteiger partial charge on any atom is 0.412 e. The van der Waals surface area contributed by atoms with E-state index in [0.717, 1.165) is 5.69 Å². The molecule has 0 aliphatic carbocycles. The van der Waals surface area contributed by atoms with Crippen LogP contribution < -0.4 is 10.6 Å². The van der Waals surface area contributed by atoms with Gasteiger partial charge in [0.05, 0.1) is 17.7 Å². The molecule has 1 aromatic heterocycles. The number of anilines is 1. The largest absolute Gasteiger partial charge is 0.478 e. The van der Waals surface area contributed by atoms with Crippen LogP contribution in [0.4, 0.5) is 9.80 Å². The highest BCUT2D eigenvalue weighted by atomic mass is 32.1. The third-order valence-electron chi connectivity index (χ3n) is 3.90. The van der Waals surface area contributed by atoms with Crippen LogP contribution in [0.2, 0.25) is 0 Å². The summed E-state index contributed by atoms with van der Waals surface area (Å²) >= 11 is 1.27. The summed E-state index contributed by atoms with van der Waals surface area (Å²) < 4.78 is 5.29. The lowest BCUT2D eigenvalue weighted by Crippen LogP contribution is -2.27. The number of amides is 2. The van der Waals surface area contributed by atoms with Crippen LogP contribution in [0.3, 0.4) is 0 Å². The van der Waals surface area contributed by atoms with E-state index in [1.54, 1.807) is 45.0 Å². The number of ether oxygens (including phenoxy) is 1. The van der Waals surface area contributed by atoms with Crippen molar-refractivity contribution >= 4 is 40.4 Å². The number of carboxylic acids is 1. The Morgan fingerprint density at radius 2 is 1.90 bits per heavy atom. The molecule has 0 fully saturated rings. The summed E-state index contributed by atoms with van der Waals surface area (Å²) in [5.41, 5.74) is 0.637. The lowest BCUT2D eigenvalue weighted by Gasteiger charge is -2.19. The van der Waals surface area contributed by atoms with Crippen molar-refractivity contribution < 1.29 is 24.2 Å². The molecular weight excluding hydrogens is 418 g/mol. The molecule has 3 N–H and O–H groups in total. The molecule has 0 saturated carbocycles. The SMILES string of the molecule is CC(C)c1nc(C=CNC(=O)Cc2ccccc2C(=O)O)sc1NC(=O)OC(C)(C)C. The Balaban J connectivity index is 2.05. The van der Waals surface area contributed by atoms with Crippen LogP contribution in [0.25, 0.3) is 6.08 Å². The van der Waals surface area contributed by atoms with E-state index in [0.29, 0.717) is 15.6 Å². The summed E-state index contributed by atoms with van der Waals surface area (Å²) in [5.74, 6) is -1.35. The second-order valence-electron chi connectivity index (χ2n) is 8.09. The van der Waals surface area contributed by atoms with E-state index in [2.05, 4.69) is 15.6 Å². The molecule has 0 spiro atoms. The van der Waals surface area contributed by atoms with Crippen LogP contribution in [-0.2, 0) is 16.0 Å². The lowest BCUT2D eigenvalue weighted by molar-refractivity contribution is -0.119. The number of carbonyl (C=O) groups excluding carboxylic acids is 2. The third-order valence-corrected chi connectivity index (χ3v) is 4.85. The topological polar surface area (TPSA) is 118 Å². The Bertz CT molecular complexity index is 989. The first-order valence-electron chi connectivity index (χ1n) is 9.74. The molecule has 8 nitrogen and oxygen atoms in total. The average molecular weight is 446 g/mol. The van der Waals surface area contributed by atoms with Crippen molar-refractivity contribution in [2.45, 2.75) is 52.6 Å². The fourth-order valence-corrected chi connectivity index (χ4v) is 3.62. The van der Waals surface area contributed by atoms with Gasteiger partial charge in [0.1, 0.15) is 15.6 Å². The monoisotopic (exact) mass is 445 g/mol. The molecule has 0 aliphatic rings. The zero-order valence-electron chi connectivity index (χ0n) is 18.2. The first-order valence-corrected chi connectivity index (χ1v) is 10.6. The molecule has 1 heterocycles. The highest BCUT2D eigenvalue weighted by Gasteiger charge is 2.20. The van der Waals surface area contributed by atoms with Crippen molar-refractivity contribution in [3.8, 4) is 0 Å². The van der Waals surface area contributed by atoms with Crippen molar-refractivity contribution in [3.63, 3.8) is 0 Å². The number of nitrogens with zero attached hydrogens (tertiary/aromatic N) is 1. The van der Waals surface area contributed by atoms with Crippen LogP contribution in [-0.4, -0.2) is 33.7 Å². The minimum atomic E-state index is -1.08. The van der Waals surface area contributed by atoms with Crippen molar-refractivity contribution in [3.05, 3.63) is 52.3 Å². The predicted molar refractivity (Wildman–Crippen MR) is 120 cm³/mol. The van der Waals surface area contributed by atoms with Gasteiger partial charge in [-0.2, -0.15) is 0 Å². The smallest absolute Gasteiger partial charge is 0.412 e. The van der Waals surface area contributed by atoms with E-state index < -0.39 is 17.7 Å². The highest BCUT2D eigenvalue weighted by Crippen LogP contribution is 2.31. The summed E-state index contributed by atoms with van der Waals surface area (Å²) in [6, 6.07) is 6.37. The molecule has 0 saturated heterocycles. The Kier molecular flexibility index (Phi) is 7.93. The molecule has 0 unspecified atom stereocenters. The van der Waals surface area contributed by atoms with Gasteiger partial charge in [-0.25, -0.2) is 14.6 Å². The van der Waals surface area contributed by atoms with Gasteiger partial charge in [0.2, 0.25) is 5.91 Å². The van der Waals surface area contributed by atoms with Crippen LogP contribution in [0.5, 0.6) is 0 Å². The van der Waals surface area contributed by atoms with E-state index in [1.165, 1.54) is 23.6 Å². The first-order chi connectivity index (χ1) is 14.5. The number of aromatic carboxylic acids is 1. The van der Waals surface area contributed by atoms with Gasteiger partial charge < -0.3 is 15.2 Å². The van der Waals surface area contributed by atoms with Gasteiger partial charge >= 0.3 is 12.1 Å². The molecule has 31 heavy (non-hydrogen) atoms. The molecule has 0 atom stereocenters. The number of aromatic nitrogens is 1. The normalized spacial score (nSPS) is 11.5. The number of hydrogen-bond acceptors (Lipinski definition) is 6. The zero-order valence-corrected chi connectivity index (χ0v) is 19.0. The van der Waals surface area contributed by atoms with Gasteiger partial charge in [-0.3, -0.25) is 10.1 Å². The molecule has 2 rings (SSSR count). The molecular formula is C22H27N3O5S. The highest BCUT2D eigenvalue weighted by molar-refractivity contribution is 7.16. The van der Waals surface area contributed by atoms with Crippen molar-refractivity contribution in [1.82, 2.24) is 10.3 Å². The van der Waals surface area contributed by atoms with Gasteiger partial charge in [-0.05, 0) is 44.4 Å². The lowest BCUT2D eigenvalue weighted by atomic mass is 10.0. The van der Waals surface area contributed by atoms with E-state index >= 15 is 0 Å². The molecule has 0 radical (unpaired) electrons. The summed E-state index contributed by atoms with van der Waals surface area (Å²) in [6.45, 7) is 9.28. The van der Waals surface area contributed by atoms with E-state index in [-0.39, 0.29) is 23.8 Å². The molecule has 0 aliphatic heterocycles. The van der Waals surface area contributed by atoms with Gasteiger partial charge in [0, 0.05) is 6.20 Å². The van der Waals surface area contributed by atoms with Gasteiger partial charge in [0.25, 0.3) is 0 Å². The van der Waals surface area contributed by atoms with E-state index in [1.807, 2.05) is 13.8 Å². The summed E-state index contributed by atoms with van der Waals surface area (Å²) in [6.07, 6.45) is 2.45. The maximum atomic E-state index is 12.2. The number of rotatable bonds is 7. The van der Waals surface area contributed by atoms with Gasteiger partial charge in [-0.15, -0.1) is 0 Å². The summed E-state index contributed by atoms with van der Waals surface area (Å²) in [7, 11) is 0. The molecule has 166 valence electrons. The first kappa shape index (κ1) is 24.1. The third kappa shape index (κ3) is 7.53. The summed E-state index contributed by atoms with van der Waals surface area (Å²) in [4.78, 5) is 40.0. The quantitative estimate of drug-likeness (QED) is 0.571. The zero-order chi connectivity index (χ0) is 23.2. The number of hydrogen-bond donors (Lipinski definition) is 3. The molecule has 9 heteroatoms. The van der Waals surface area contributed by atoms with Crippen molar-refractivity contribution in [1.29, 1.82) is 0 Å². The minimum Gasteiger partial charge on any atom is -0.478 e. The Morgan fingerprint density at radius 1 is 1.23 bits per heavy atom. The van der Waals surface area contributed by atoms with Crippen LogP contribution in [0, 0.1) is 0 Å². The van der Waals surface area contributed by atoms with Crippen LogP contribution >= 0.6 is 11.3 Å². The number of nitrogens with one attached hydrogen (secondary N) is 2. The van der Waals surface area contributed by atoms with E-state index in [4.69, 9.17) is 4.74 Å². The molecule has 2 amide bonds. The molecule has 0 bridgehead atoms. The second-order valence-corrected chi connectivity index (χ2v) is 9.12. The van der Waals surface area contributed by atoms with Crippen LogP contribution in [0.15, 0.2) is 30.5 Å².